The fraction of sp³-hybridized carbons (Fsp3) is 0.923. The molecule has 17 heavy (non-hydrogen) atoms. The van der Waals surface area contributed by atoms with Crippen LogP contribution < -0.4 is 11.2 Å². The van der Waals surface area contributed by atoms with Gasteiger partial charge in [0.05, 0.1) is 6.61 Å². The van der Waals surface area contributed by atoms with Crippen LogP contribution in [0.3, 0.4) is 0 Å². The third-order valence-electron chi connectivity index (χ3n) is 2.59. The zero-order valence-electron chi connectivity index (χ0n) is 11.6. The summed E-state index contributed by atoms with van der Waals surface area (Å²) in [5.74, 6) is 5.03. The molecule has 4 heteroatoms. The lowest BCUT2D eigenvalue weighted by Crippen LogP contribution is -2.24. The van der Waals surface area contributed by atoms with E-state index in [0.29, 0.717) is 18.4 Å². The summed E-state index contributed by atoms with van der Waals surface area (Å²) in [5, 5.41) is 2.93. The largest absolute Gasteiger partial charge is 0.356 e. The topological polar surface area (TPSA) is 64.3 Å². The Hall–Kier alpha value is -0.610. The highest BCUT2D eigenvalue weighted by molar-refractivity contribution is 5.75. The summed E-state index contributed by atoms with van der Waals surface area (Å²) in [7, 11) is 0. The van der Waals surface area contributed by atoms with Gasteiger partial charge in [-0.3, -0.25) is 4.79 Å². The Balaban J connectivity index is 3.28. The molecule has 0 aromatic heterocycles. The van der Waals surface area contributed by atoms with Crippen LogP contribution in [-0.4, -0.2) is 19.1 Å². The molecule has 0 aromatic rings. The number of nitrogens with two attached hydrogens (primary N) is 1. The van der Waals surface area contributed by atoms with Gasteiger partial charge >= 0.3 is 0 Å². The highest BCUT2D eigenvalue weighted by Crippen LogP contribution is 2.21. The highest BCUT2D eigenvalue weighted by Gasteiger charge is 2.08. The van der Waals surface area contributed by atoms with Crippen LogP contribution in [0.1, 0.15) is 59.3 Å². The molecule has 0 aliphatic heterocycles. The Morgan fingerprint density at radius 1 is 1.18 bits per heavy atom. The molecule has 0 aliphatic carbocycles. The lowest BCUT2D eigenvalue weighted by molar-refractivity contribution is -0.121. The second kappa shape index (κ2) is 9.42. The molecule has 0 unspecified atom stereocenters. The fourth-order valence-electron chi connectivity index (χ4n) is 1.57. The van der Waals surface area contributed by atoms with Gasteiger partial charge in [-0.25, -0.2) is 5.90 Å². The third kappa shape index (κ3) is 13.3. The first-order valence-electron chi connectivity index (χ1n) is 6.54. The number of hydrogen-bond donors (Lipinski definition) is 2. The Morgan fingerprint density at radius 3 is 2.47 bits per heavy atom. The summed E-state index contributed by atoms with van der Waals surface area (Å²) in [6.07, 6.45) is 5.69. The molecule has 102 valence electrons. The van der Waals surface area contributed by atoms with Gasteiger partial charge in [-0.1, -0.05) is 27.2 Å². The van der Waals surface area contributed by atoms with Crippen molar-refractivity contribution in [2.24, 2.45) is 11.3 Å². The van der Waals surface area contributed by atoms with Crippen molar-refractivity contribution < 1.29 is 9.63 Å². The molecule has 0 aliphatic rings. The molecular formula is C13H28N2O2. The summed E-state index contributed by atoms with van der Waals surface area (Å²) >= 11 is 0. The second-order valence-electron chi connectivity index (χ2n) is 5.70. The second-order valence-corrected chi connectivity index (χ2v) is 5.70. The normalized spacial score (nSPS) is 11.5. The van der Waals surface area contributed by atoms with Gasteiger partial charge in [-0.15, -0.1) is 0 Å². The van der Waals surface area contributed by atoms with Gasteiger partial charge in [0.25, 0.3) is 0 Å². The van der Waals surface area contributed by atoms with Crippen molar-refractivity contribution in [3.63, 3.8) is 0 Å². The van der Waals surface area contributed by atoms with Gasteiger partial charge in [0.1, 0.15) is 0 Å². The van der Waals surface area contributed by atoms with Gasteiger partial charge in [-0.2, -0.15) is 0 Å². The van der Waals surface area contributed by atoms with Crippen molar-refractivity contribution in [3.05, 3.63) is 0 Å². The van der Waals surface area contributed by atoms with E-state index in [2.05, 4.69) is 30.9 Å². The summed E-state index contributed by atoms with van der Waals surface area (Å²) < 4.78 is 0. The smallest absolute Gasteiger partial charge is 0.219 e. The van der Waals surface area contributed by atoms with Crippen molar-refractivity contribution in [2.45, 2.75) is 59.3 Å². The van der Waals surface area contributed by atoms with Gasteiger partial charge in [0.15, 0.2) is 0 Å². The first-order chi connectivity index (χ1) is 7.95. The van der Waals surface area contributed by atoms with Crippen LogP contribution >= 0.6 is 0 Å². The molecule has 0 heterocycles. The zero-order valence-corrected chi connectivity index (χ0v) is 11.6. The molecule has 0 saturated heterocycles. The van der Waals surface area contributed by atoms with E-state index in [1.165, 1.54) is 12.8 Å². The number of amides is 1. The van der Waals surface area contributed by atoms with Gasteiger partial charge in [0, 0.05) is 13.0 Å². The van der Waals surface area contributed by atoms with E-state index in [9.17, 15) is 4.79 Å². The average molecular weight is 244 g/mol. The molecule has 3 N–H and O–H groups in total. The predicted molar refractivity (Wildman–Crippen MR) is 70.3 cm³/mol. The van der Waals surface area contributed by atoms with Crippen LogP contribution in [-0.2, 0) is 9.63 Å². The minimum atomic E-state index is 0.137. The van der Waals surface area contributed by atoms with Crippen molar-refractivity contribution in [2.75, 3.05) is 13.2 Å². The van der Waals surface area contributed by atoms with Crippen molar-refractivity contribution in [3.8, 4) is 0 Å². The van der Waals surface area contributed by atoms with E-state index in [1.807, 2.05) is 0 Å². The minimum absolute atomic E-state index is 0.137. The predicted octanol–water partition coefficient (Wildman–Crippen LogP) is 2.38. The van der Waals surface area contributed by atoms with Crippen LogP contribution in [0.5, 0.6) is 0 Å². The standard InChI is InChI=1S/C13H28N2O2/c1-13(2,3)9-5-6-10-15-12(16)8-4-7-11-17-14/h4-11,14H2,1-3H3,(H,15,16). The van der Waals surface area contributed by atoms with Crippen LogP contribution in [0.15, 0.2) is 0 Å². The number of nitrogens with one attached hydrogen (secondary N) is 1. The third-order valence-corrected chi connectivity index (χ3v) is 2.59. The first kappa shape index (κ1) is 16.4. The van der Waals surface area contributed by atoms with Crippen molar-refractivity contribution in [1.29, 1.82) is 0 Å². The van der Waals surface area contributed by atoms with E-state index in [1.54, 1.807) is 0 Å². The van der Waals surface area contributed by atoms with E-state index >= 15 is 0 Å². The van der Waals surface area contributed by atoms with Crippen molar-refractivity contribution in [1.82, 2.24) is 5.32 Å². The maximum atomic E-state index is 11.4. The van der Waals surface area contributed by atoms with E-state index in [0.717, 1.165) is 25.8 Å². The van der Waals surface area contributed by atoms with E-state index in [4.69, 9.17) is 5.90 Å². The fourth-order valence-corrected chi connectivity index (χ4v) is 1.57. The molecule has 0 bridgehead atoms. The first-order valence-corrected chi connectivity index (χ1v) is 6.54. The molecule has 0 saturated carbocycles. The molecule has 0 rings (SSSR count). The number of hydrogen-bond acceptors (Lipinski definition) is 3. The van der Waals surface area contributed by atoms with Gasteiger partial charge < -0.3 is 10.2 Å². The minimum Gasteiger partial charge on any atom is -0.356 e. The van der Waals surface area contributed by atoms with Crippen LogP contribution in [0, 0.1) is 5.41 Å². The monoisotopic (exact) mass is 244 g/mol. The molecule has 4 nitrogen and oxygen atoms in total. The van der Waals surface area contributed by atoms with Crippen LogP contribution in [0.25, 0.3) is 0 Å². The molecule has 0 fully saturated rings. The lowest BCUT2D eigenvalue weighted by atomic mass is 9.90. The van der Waals surface area contributed by atoms with E-state index < -0.39 is 0 Å². The summed E-state index contributed by atoms with van der Waals surface area (Å²) in [5.41, 5.74) is 0.395. The molecule has 0 radical (unpaired) electrons. The van der Waals surface area contributed by atoms with Gasteiger partial charge in [0.2, 0.25) is 5.91 Å². The molecule has 0 spiro atoms. The summed E-state index contributed by atoms with van der Waals surface area (Å²) in [6.45, 7) is 8.04. The number of carbonyl (C=O) groups excluding carboxylic acids is 1. The Kier molecular flexibility index (Phi) is 9.09. The van der Waals surface area contributed by atoms with Crippen LogP contribution in [0.2, 0.25) is 0 Å². The maximum absolute atomic E-state index is 11.4. The van der Waals surface area contributed by atoms with Crippen LogP contribution in [0.4, 0.5) is 0 Å². The zero-order chi connectivity index (χ0) is 13.1. The van der Waals surface area contributed by atoms with Gasteiger partial charge in [-0.05, 0) is 31.1 Å². The Morgan fingerprint density at radius 2 is 1.88 bits per heavy atom. The lowest BCUT2D eigenvalue weighted by Gasteiger charge is -2.17. The molecule has 0 atom stereocenters. The average Bonchev–Trinajstić information content (AvgIpc) is 2.22. The summed E-state index contributed by atoms with van der Waals surface area (Å²) in [4.78, 5) is 15.8. The Bertz CT molecular complexity index is 200. The maximum Gasteiger partial charge on any atom is 0.219 e. The molecule has 0 aromatic carbocycles. The number of unbranched alkanes of at least 4 members (excludes halogenated alkanes) is 2. The van der Waals surface area contributed by atoms with Crippen molar-refractivity contribution >= 4 is 5.91 Å². The Labute approximate surface area is 105 Å². The molecular weight excluding hydrogens is 216 g/mol. The molecule has 1 amide bonds. The number of rotatable bonds is 9. The quantitative estimate of drug-likeness (QED) is 0.483. The SMILES string of the molecule is CC(C)(C)CCCCNC(=O)CCCCON. The number of carbonyl (C=O) groups is 1. The summed E-state index contributed by atoms with van der Waals surface area (Å²) in [6, 6.07) is 0. The van der Waals surface area contributed by atoms with E-state index in [-0.39, 0.29) is 5.91 Å². The highest BCUT2D eigenvalue weighted by atomic mass is 16.6.